The maximum absolute atomic E-state index is 12.9. The number of anilines is 1. The fourth-order valence-corrected chi connectivity index (χ4v) is 6.36. The van der Waals surface area contributed by atoms with Crippen molar-refractivity contribution in [2.75, 3.05) is 38.0 Å². The molecule has 0 aliphatic carbocycles. The summed E-state index contributed by atoms with van der Waals surface area (Å²) in [5, 5.41) is 11.7. The number of fused-ring (bicyclic) bond motifs is 2. The molecule has 0 unspecified atom stereocenters. The Morgan fingerprint density at radius 3 is 2.67 bits per heavy atom. The van der Waals surface area contributed by atoms with Crippen LogP contribution in [0.25, 0.3) is 16.3 Å². The first-order chi connectivity index (χ1) is 16.1. The van der Waals surface area contributed by atoms with Crippen molar-refractivity contribution in [3.8, 4) is 11.5 Å². The first-order valence-electron chi connectivity index (χ1n) is 10.5. The van der Waals surface area contributed by atoms with Crippen LogP contribution in [0.1, 0.15) is 11.9 Å². The van der Waals surface area contributed by atoms with E-state index in [0.29, 0.717) is 31.0 Å². The van der Waals surface area contributed by atoms with Crippen molar-refractivity contribution >= 4 is 57.2 Å². The van der Waals surface area contributed by atoms with Crippen LogP contribution in [0.3, 0.4) is 0 Å². The number of hydrogen-bond acceptors (Lipinski definition) is 7. The van der Waals surface area contributed by atoms with Gasteiger partial charge in [0.2, 0.25) is 5.52 Å². The van der Waals surface area contributed by atoms with Gasteiger partial charge in [0.05, 0.1) is 31.0 Å². The van der Waals surface area contributed by atoms with E-state index in [2.05, 4.69) is 28.5 Å². The minimum atomic E-state index is 0.0519. The Morgan fingerprint density at radius 1 is 1.18 bits per heavy atom. The van der Waals surface area contributed by atoms with Crippen molar-refractivity contribution in [2.45, 2.75) is 18.4 Å². The summed E-state index contributed by atoms with van der Waals surface area (Å²) in [6.45, 7) is 3.19. The third kappa shape index (κ3) is 5.16. The number of thiazole rings is 1. The lowest BCUT2D eigenvalue weighted by atomic mass is 10.2. The molecular formula is C24H26FN2O3S3+. The molecule has 9 heteroatoms. The molecule has 4 rings (SSSR count). The zero-order valence-corrected chi connectivity index (χ0v) is 21.2. The molecule has 0 saturated carbocycles. The third-order valence-electron chi connectivity index (χ3n) is 5.29. The molecule has 2 heterocycles. The van der Waals surface area contributed by atoms with Crippen LogP contribution >= 0.6 is 35.2 Å². The van der Waals surface area contributed by atoms with Crippen LogP contribution in [0.15, 0.2) is 58.0 Å². The molecule has 1 aliphatic heterocycles. The van der Waals surface area contributed by atoms with E-state index in [1.807, 2.05) is 36.4 Å². The van der Waals surface area contributed by atoms with Crippen LogP contribution in [0, 0.1) is 0 Å². The first kappa shape index (κ1) is 23.9. The second-order valence-electron chi connectivity index (χ2n) is 7.42. The molecule has 1 aromatic heterocycles. The van der Waals surface area contributed by atoms with Crippen molar-refractivity contribution in [1.29, 1.82) is 0 Å². The van der Waals surface area contributed by atoms with Gasteiger partial charge in [0.1, 0.15) is 22.8 Å². The molecule has 0 amide bonds. The van der Waals surface area contributed by atoms with E-state index in [9.17, 15) is 8.99 Å². The molecule has 0 spiro atoms. The maximum Gasteiger partial charge on any atom is 0.263 e. The van der Waals surface area contributed by atoms with Crippen molar-refractivity contribution in [2.24, 2.45) is 0 Å². The van der Waals surface area contributed by atoms with E-state index >= 15 is 0 Å². The number of allylic oxidation sites excluding steroid dienone is 2. The maximum atomic E-state index is 12.9. The Balaban J connectivity index is 1.70. The topological polar surface area (TPSA) is 45.8 Å². The second-order valence-corrected chi connectivity index (χ2v) is 10.2. The zero-order valence-electron chi connectivity index (χ0n) is 18.7. The average molecular weight is 506 g/mol. The molecule has 0 saturated heterocycles. The molecular weight excluding hydrogens is 479 g/mol. The number of halogens is 1. The number of thioether (sulfide) groups is 1. The van der Waals surface area contributed by atoms with Crippen LogP contribution in [0.2, 0.25) is 0 Å². The van der Waals surface area contributed by atoms with Gasteiger partial charge >= 0.3 is 0 Å². The van der Waals surface area contributed by atoms with Crippen molar-refractivity contribution < 1.29 is 23.0 Å². The molecule has 1 aliphatic rings. The van der Waals surface area contributed by atoms with E-state index in [1.165, 1.54) is 0 Å². The zero-order chi connectivity index (χ0) is 23.4. The summed E-state index contributed by atoms with van der Waals surface area (Å²) in [4.78, 5) is 3.27. The van der Waals surface area contributed by atoms with E-state index in [4.69, 9.17) is 9.47 Å². The molecule has 5 nitrogen and oxygen atoms in total. The number of aliphatic hydroxyl groups excluding tert-OH is 1. The quantitative estimate of drug-likeness (QED) is 0.378. The summed E-state index contributed by atoms with van der Waals surface area (Å²) in [6.07, 6.45) is 4.26. The standard InChI is InChI=1S/C24H26FN2O3S3/c1-16(12-23-26(8-10-28)19-14-17(29-2)4-6-21(19)32-23)13-24-27(9-11-31-25)20-15-18(30-3)5-7-22(20)33-24/h4-7,12-15,28H,8-11H2,1-3H3/q+1. The highest BCUT2D eigenvalue weighted by molar-refractivity contribution is 8.03. The number of aromatic nitrogens is 1. The lowest BCUT2D eigenvalue weighted by Gasteiger charge is -2.20. The minimum absolute atomic E-state index is 0.0519. The molecule has 0 atom stereocenters. The van der Waals surface area contributed by atoms with Gasteiger partial charge in [0.15, 0.2) is 6.54 Å². The van der Waals surface area contributed by atoms with Gasteiger partial charge in [-0.2, -0.15) is 8.45 Å². The lowest BCUT2D eigenvalue weighted by molar-refractivity contribution is -0.670. The predicted octanol–water partition coefficient (Wildman–Crippen LogP) is 5.67. The van der Waals surface area contributed by atoms with E-state index in [0.717, 1.165) is 47.9 Å². The SMILES string of the molecule is COc1ccc2c(c1)N(CCSF)/C(=C/C(C)=C/c1sc3ccc(OC)cc3[n+]1CCO)S2. The third-order valence-corrected chi connectivity index (χ3v) is 7.85. The van der Waals surface area contributed by atoms with Crippen LogP contribution in [0.4, 0.5) is 9.57 Å². The highest BCUT2D eigenvalue weighted by Gasteiger charge is 2.26. The molecule has 0 radical (unpaired) electrons. The number of methoxy groups -OCH3 is 2. The molecule has 2 aromatic carbocycles. The smallest absolute Gasteiger partial charge is 0.263 e. The normalized spacial score (nSPS) is 14.9. The van der Waals surface area contributed by atoms with Gasteiger partial charge in [-0.3, -0.25) is 0 Å². The number of rotatable bonds is 9. The summed E-state index contributed by atoms with van der Waals surface area (Å²) in [5.74, 6) is 1.95. The van der Waals surface area contributed by atoms with Gasteiger partial charge in [-0.15, -0.1) is 0 Å². The molecule has 1 N–H and O–H groups in total. The highest BCUT2D eigenvalue weighted by Crippen LogP contribution is 2.47. The molecule has 0 fully saturated rings. The van der Waals surface area contributed by atoms with Crippen molar-refractivity contribution in [3.63, 3.8) is 0 Å². The average Bonchev–Trinajstić information content (AvgIpc) is 3.33. The molecule has 3 aromatic rings. The fourth-order valence-electron chi connectivity index (χ4n) is 3.75. The van der Waals surface area contributed by atoms with Crippen molar-refractivity contribution in [1.82, 2.24) is 0 Å². The Kier molecular flexibility index (Phi) is 7.85. The summed E-state index contributed by atoms with van der Waals surface area (Å²) >= 11 is 3.70. The predicted molar refractivity (Wildman–Crippen MR) is 137 cm³/mol. The number of ether oxygens (including phenoxy) is 2. The van der Waals surface area contributed by atoms with Crippen molar-refractivity contribution in [3.05, 3.63) is 58.1 Å². The number of benzene rings is 2. The summed E-state index contributed by atoms with van der Waals surface area (Å²) in [7, 11) is 3.30. The summed E-state index contributed by atoms with van der Waals surface area (Å²) in [6, 6.07) is 12.0. The van der Waals surface area contributed by atoms with Gasteiger partial charge in [0.25, 0.3) is 5.01 Å². The van der Waals surface area contributed by atoms with Crippen LogP contribution in [0.5, 0.6) is 11.5 Å². The van der Waals surface area contributed by atoms with Gasteiger partial charge < -0.3 is 19.5 Å². The van der Waals surface area contributed by atoms with Crippen LogP contribution in [-0.4, -0.2) is 38.2 Å². The Hall–Kier alpha value is -2.20. The van der Waals surface area contributed by atoms with Gasteiger partial charge in [-0.25, -0.2) is 0 Å². The molecule has 33 heavy (non-hydrogen) atoms. The summed E-state index contributed by atoms with van der Waals surface area (Å²) in [5.41, 5.74) is 3.15. The van der Waals surface area contributed by atoms with E-state index in [-0.39, 0.29) is 6.61 Å². The van der Waals surface area contributed by atoms with Gasteiger partial charge in [0, 0.05) is 41.5 Å². The summed E-state index contributed by atoms with van der Waals surface area (Å²) < 4.78 is 26.9. The number of aliphatic hydroxyl groups is 1. The van der Waals surface area contributed by atoms with Gasteiger partial charge in [-0.1, -0.05) is 23.1 Å². The van der Waals surface area contributed by atoms with E-state index < -0.39 is 0 Å². The van der Waals surface area contributed by atoms with Crippen LogP contribution < -0.4 is 18.9 Å². The molecule has 174 valence electrons. The minimum Gasteiger partial charge on any atom is -0.497 e. The Morgan fingerprint density at radius 2 is 1.94 bits per heavy atom. The Bertz CT molecular complexity index is 1210. The lowest BCUT2D eigenvalue weighted by Crippen LogP contribution is -2.36. The first-order valence-corrected chi connectivity index (χ1v) is 13.0. The number of hydrogen-bond donors (Lipinski definition) is 1. The molecule has 0 bridgehead atoms. The van der Waals surface area contributed by atoms with Crippen LogP contribution in [-0.2, 0) is 6.54 Å². The monoisotopic (exact) mass is 505 g/mol. The second kappa shape index (κ2) is 10.8. The van der Waals surface area contributed by atoms with Gasteiger partial charge in [-0.05, 0) is 42.8 Å². The Labute approximate surface area is 205 Å². The fraction of sp³-hybridized carbons (Fsp3) is 0.292. The largest absolute Gasteiger partial charge is 0.497 e. The van der Waals surface area contributed by atoms with E-state index in [1.54, 1.807) is 37.3 Å². The number of nitrogens with zero attached hydrogens (tertiary/aromatic N) is 2. The highest BCUT2D eigenvalue weighted by atomic mass is 32.2.